The molecule has 0 unspecified atom stereocenters. The van der Waals surface area contributed by atoms with E-state index in [1.54, 1.807) is 42.7 Å². The van der Waals surface area contributed by atoms with Crippen LogP contribution in [0.15, 0.2) is 59.2 Å². The van der Waals surface area contributed by atoms with E-state index in [9.17, 15) is 10.2 Å². The number of furan rings is 1. The fourth-order valence-electron chi connectivity index (χ4n) is 3.66. The van der Waals surface area contributed by atoms with E-state index in [4.69, 9.17) is 27.6 Å². The summed E-state index contributed by atoms with van der Waals surface area (Å²) in [5.74, 6) is 1.24. The molecule has 7 heteroatoms. The van der Waals surface area contributed by atoms with E-state index < -0.39 is 0 Å². The largest absolute Gasteiger partial charge is 0.508 e. The van der Waals surface area contributed by atoms with Gasteiger partial charge in [0, 0.05) is 47.4 Å². The molecule has 5 nitrogen and oxygen atoms in total. The van der Waals surface area contributed by atoms with Crippen LogP contribution >= 0.6 is 23.2 Å². The highest BCUT2D eigenvalue weighted by molar-refractivity contribution is 6.31. The number of phenols is 2. The van der Waals surface area contributed by atoms with Crippen LogP contribution in [0.4, 0.5) is 0 Å². The number of nitrogens with zero attached hydrogens (tertiary/aromatic N) is 2. The second-order valence-corrected chi connectivity index (χ2v) is 7.75. The van der Waals surface area contributed by atoms with Crippen LogP contribution in [0.1, 0.15) is 23.1 Å². The van der Waals surface area contributed by atoms with Gasteiger partial charge in [-0.15, -0.1) is 0 Å². The predicted octanol–water partition coefficient (Wildman–Crippen LogP) is 5.01. The lowest BCUT2D eigenvalue weighted by Gasteiger charge is -2.29. The standard InChI is InChI=1S/C21H20Cl2N2O3/c22-16-3-5-18(26)14(10-16)12-24-7-8-25(21(24)20-2-1-9-28-20)13-15-11-17(23)4-6-19(15)27/h1-6,9-11,21,26-27H,7-8,12-13H2. The molecule has 4 rings (SSSR count). The van der Waals surface area contributed by atoms with Crippen LogP contribution in [0.25, 0.3) is 0 Å². The van der Waals surface area contributed by atoms with Gasteiger partial charge in [-0.3, -0.25) is 9.80 Å². The lowest BCUT2D eigenvalue weighted by molar-refractivity contribution is 0.102. The fourth-order valence-corrected chi connectivity index (χ4v) is 4.05. The maximum absolute atomic E-state index is 10.2. The highest BCUT2D eigenvalue weighted by atomic mass is 35.5. The zero-order valence-corrected chi connectivity index (χ0v) is 16.6. The molecule has 2 aromatic carbocycles. The third-order valence-electron chi connectivity index (χ3n) is 4.99. The Morgan fingerprint density at radius 3 is 1.86 bits per heavy atom. The third kappa shape index (κ3) is 3.98. The van der Waals surface area contributed by atoms with Crippen molar-refractivity contribution in [1.29, 1.82) is 0 Å². The number of halogens is 2. The summed E-state index contributed by atoms with van der Waals surface area (Å²) in [5.41, 5.74) is 1.52. The van der Waals surface area contributed by atoms with Gasteiger partial charge in [0.2, 0.25) is 0 Å². The average molecular weight is 419 g/mol. The van der Waals surface area contributed by atoms with Gasteiger partial charge in [-0.25, -0.2) is 0 Å². The van der Waals surface area contributed by atoms with Crippen molar-refractivity contribution in [2.45, 2.75) is 19.3 Å². The molecule has 1 aromatic heterocycles. The minimum atomic E-state index is -0.133. The second kappa shape index (κ2) is 8.05. The summed E-state index contributed by atoms with van der Waals surface area (Å²) in [7, 11) is 0. The van der Waals surface area contributed by atoms with Gasteiger partial charge in [0.05, 0.1) is 6.26 Å². The van der Waals surface area contributed by atoms with E-state index in [2.05, 4.69) is 9.80 Å². The number of hydrogen-bond acceptors (Lipinski definition) is 5. The Hall–Kier alpha value is -2.18. The van der Waals surface area contributed by atoms with Crippen molar-refractivity contribution in [3.05, 3.63) is 81.7 Å². The monoisotopic (exact) mass is 418 g/mol. The lowest BCUT2D eigenvalue weighted by atomic mass is 10.1. The summed E-state index contributed by atoms with van der Waals surface area (Å²) >= 11 is 12.2. The Morgan fingerprint density at radius 1 is 0.857 bits per heavy atom. The molecule has 146 valence electrons. The molecule has 0 aliphatic carbocycles. The summed E-state index contributed by atoms with van der Waals surface area (Å²) in [6.45, 7) is 2.60. The zero-order valence-electron chi connectivity index (χ0n) is 15.1. The van der Waals surface area contributed by atoms with Crippen molar-refractivity contribution in [3.63, 3.8) is 0 Å². The molecule has 1 aliphatic heterocycles. The van der Waals surface area contributed by atoms with E-state index in [0.717, 1.165) is 30.0 Å². The summed E-state index contributed by atoms with van der Waals surface area (Å²) in [5, 5.41) is 21.6. The number of phenolic OH excluding ortho intramolecular Hbond substituents is 2. The highest BCUT2D eigenvalue weighted by Gasteiger charge is 2.35. The van der Waals surface area contributed by atoms with Crippen molar-refractivity contribution in [2.24, 2.45) is 0 Å². The molecular formula is C21H20Cl2N2O3. The Morgan fingerprint density at radius 2 is 1.39 bits per heavy atom. The molecule has 0 amide bonds. The number of rotatable bonds is 5. The summed E-state index contributed by atoms with van der Waals surface area (Å²) in [6, 6.07) is 13.9. The van der Waals surface area contributed by atoms with E-state index >= 15 is 0 Å². The van der Waals surface area contributed by atoms with Gasteiger partial charge < -0.3 is 14.6 Å². The van der Waals surface area contributed by atoms with Gasteiger partial charge in [-0.2, -0.15) is 0 Å². The number of aromatic hydroxyl groups is 2. The first-order valence-corrected chi connectivity index (χ1v) is 9.73. The molecule has 0 bridgehead atoms. The first-order valence-electron chi connectivity index (χ1n) is 8.97. The summed E-state index contributed by atoms with van der Waals surface area (Å²) in [4.78, 5) is 4.43. The molecular weight excluding hydrogens is 399 g/mol. The van der Waals surface area contributed by atoms with Gasteiger partial charge in [0.15, 0.2) is 0 Å². The first-order chi connectivity index (χ1) is 13.5. The fraction of sp³-hybridized carbons (Fsp3) is 0.238. The van der Waals surface area contributed by atoms with Crippen LogP contribution in [0, 0.1) is 0 Å². The van der Waals surface area contributed by atoms with Crippen molar-refractivity contribution in [1.82, 2.24) is 9.80 Å². The first kappa shape index (κ1) is 19.2. The quantitative estimate of drug-likeness (QED) is 0.609. The molecule has 2 N–H and O–H groups in total. The lowest BCUT2D eigenvalue weighted by Crippen LogP contribution is -2.30. The van der Waals surface area contributed by atoms with Gasteiger partial charge in [-0.1, -0.05) is 23.2 Å². The van der Waals surface area contributed by atoms with E-state index in [1.165, 1.54) is 0 Å². The van der Waals surface area contributed by atoms with E-state index in [-0.39, 0.29) is 17.7 Å². The molecule has 3 aromatic rings. The van der Waals surface area contributed by atoms with Gasteiger partial charge in [0.1, 0.15) is 23.4 Å². The Balaban J connectivity index is 1.61. The maximum Gasteiger partial charge on any atom is 0.135 e. The SMILES string of the molecule is Oc1ccc(Cl)cc1CN1CCN(Cc2cc(Cl)ccc2O)C1c1ccco1. The van der Waals surface area contributed by atoms with Gasteiger partial charge in [0.25, 0.3) is 0 Å². The average Bonchev–Trinajstić information content (AvgIpc) is 3.31. The topological polar surface area (TPSA) is 60.1 Å². The molecule has 0 spiro atoms. The molecule has 1 aliphatic rings. The van der Waals surface area contributed by atoms with E-state index in [1.807, 2.05) is 12.1 Å². The molecule has 1 saturated heterocycles. The van der Waals surface area contributed by atoms with Gasteiger partial charge >= 0.3 is 0 Å². The molecule has 28 heavy (non-hydrogen) atoms. The van der Waals surface area contributed by atoms with Crippen LogP contribution in [0.3, 0.4) is 0 Å². The predicted molar refractivity (Wildman–Crippen MR) is 109 cm³/mol. The van der Waals surface area contributed by atoms with Crippen LogP contribution in [-0.2, 0) is 13.1 Å². The number of hydrogen-bond donors (Lipinski definition) is 2. The van der Waals surface area contributed by atoms with Crippen molar-refractivity contribution in [2.75, 3.05) is 13.1 Å². The minimum absolute atomic E-state index is 0.133. The van der Waals surface area contributed by atoms with Crippen molar-refractivity contribution >= 4 is 23.2 Å². The Labute approximate surface area is 173 Å². The molecule has 0 radical (unpaired) electrons. The minimum Gasteiger partial charge on any atom is -0.508 e. The molecule has 1 fully saturated rings. The summed E-state index contributed by atoms with van der Waals surface area (Å²) < 4.78 is 5.70. The second-order valence-electron chi connectivity index (χ2n) is 6.88. The van der Waals surface area contributed by atoms with Crippen LogP contribution in [0.2, 0.25) is 10.0 Å². The Kier molecular flexibility index (Phi) is 5.51. The summed E-state index contributed by atoms with van der Waals surface area (Å²) in [6.07, 6.45) is 1.52. The van der Waals surface area contributed by atoms with Crippen LogP contribution in [-0.4, -0.2) is 33.1 Å². The number of benzene rings is 2. The van der Waals surface area contributed by atoms with Crippen molar-refractivity contribution in [3.8, 4) is 11.5 Å². The van der Waals surface area contributed by atoms with E-state index in [0.29, 0.717) is 23.1 Å². The highest BCUT2D eigenvalue weighted by Crippen LogP contribution is 2.36. The smallest absolute Gasteiger partial charge is 0.135 e. The maximum atomic E-state index is 10.2. The van der Waals surface area contributed by atoms with Crippen molar-refractivity contribution < 1.29 is 14.6 Å². The Bertz CT molecular complexity index is 901. The zero-order chi connectivity index (χ0) is 19.7. The molecule has 2 heterocycles. The molecule has 0 atom stereocenters. The molecule has 0 saturated carbocycles. The van der Waals surface area contributed by atoms with Crippen LogP contribution < -0.4 is 0 Å². The third-order valence-corrected chi connectivity index (χ3v) is 5.46. The van der Waals surface area contributed by atoms with Crippen LogP contribution in [0.5, 0.6) is 11.5 Å². The van der Waals surface area contributed by atoms with Gasteiger partial charge in [-0.05, 0) is 48.5 Å². The normalized spacial score (nSPS) is 16.1.